The van der Waals surface area contributed by atoms with Gasteiger partial charge in [0.25, 0.3) is 0 Å². The van der Waals surface area contributed by atoms with Gasteiger partial charge < -0.3 is 5.32 Å². The molecule has 5 heteroatoms. The van der Waals surface area contributed by atoms with Crippen molar-refractivity contribution in [3.63, 3.8) is 0 Å². The first-order valence-electron chi connectivity index (χ1n) is 5.77. The number of hydrogen-bond acceptors (Lipinski definition) is 4. The fraction of sp³-hybridized carbons (Fsp3) is 0.385. The van der Waals surface area contributed by atoms with Crippen molar-refractivity contribution in [2.75, 3.05) is 7.05 Å². The van der Waals surface area contributed by atoms with Crippen LogP contribution in [0.2, 0.25) is 0 Å². The van der Waals surface area contributed by atoms with E-state index in [-0.39, 0.29) is 11.9 Å². The molecule has 0 spiro atoms. The number of aromatic nitrogens is 2. The third-order valence-electron chi connectivity index (χ3n) is 3.01. The summed E-state index contributed by atoms with van der Waals surface area (Å²) in [5, 5.41) is 7.15. The summed E-state index contributed by atoms with van der Waals surface area (Å²) >= 11 is 1.31. The lowest BCUT2D eigenvalue weighted by atomic mass is 9.97. The number of aryl methyl sites for hydroxylation is 3. The molecule has 1 aromatic carbocycles. The van der Waals surface area contributed by atoms with Gasteiger partial charge in [0, 0.05) is 5.56 Å². The van der Waals surface area contributed by atoms with Gasteiger partial charge in [-0.25, -0.2) is 4.39 Å². The molecule has 1 atom stereocenters. The molecule has 1 unspecified atom stereocenters. The lowest BCUT2D eigenvalue weighted by Crippen LogP contribution is -2.20. The highest BCUT2D eigenvalue weighted by Crippen LogP contribution is 2.31. The van der Waals surface area contributed by atoms with Crippen molar-refractivity contribution in [3.05, 3.63) is 45.2 Å². The highest BCUT2D eigenvalue weighted by atomic mass is 32.1. The largest absolute Gasteiger partial charge is 0.308 e. The van der Waals surface area contributed by atoms with E-state index in [9.17, 15) is 4.39 Å². The number of nitrogens with one attached hydrogen (secondary N) is 1. The highest BCUT2D eigenvalue weighted by molar-refractivity contribution is 7.05. The van der Waals surface area contributed by atoms with Crippen LogP contribution in [0.4, 0.5) is 4.39 Å². The molecule has 0 amide bonds. The van der Waals surface area contributed by atoms with Crippen LogP contribution < -0.4 is 5.32 Å². The van der Waals surface area contributed by atoms with Crippen LogP contribution in [0.1, 0.15) is 33.3 Å². The molecular weight excluding hydrogens is 249 g/mol. The van der Waals surface area contributed by atoms with E-state index < -0.39 is 0 Å². The molecule has 0 fully saturated rings. The molecule has 0 saturated carbocycles. The van der Waals surface area contributed by atoms with Gasteiger partial charge in [0.1, 0.15) is 5.82 Å². The Hall–Kier alpha value is -1.33. The topological polar surface area (TPSA) is 37.8 Å². The third kappa shape index (κ3) is 2.28. The molecule has 1 aromatic heterocycles. The van der Waals surface area contributed by atoms with Crippen molar-refractivity contribution in [1.82, 2.24) is 14.9 Å². The number of benzene rings is 1. The standard InChI is InChI=1S/C13H16FN3S/c1-7-5-8(2)11(10(14)6-7)12(15-4)13-9(3)16-17-18-13/h5-6,12,15H,1-4H3. The first-order chi connectivity index (χ1) is 8.54. The summed E-state index contributed by atoms with van der Waals surface area (Å²) in [4.78, 5) is 0.961. The van der Waals surface area contributed by atoms with E-state index in [1.807, 2.05) is 33.9 Å². The molecule has 1 N–H and O–H groups in total. The number of nitrogens with zero attached hydrogens (tertiary/aromatic N) is 2. The van der Waals surface area contributed by atoms with Crippen LogP contribution in [0.3, 0.4) is 0 Å². The second-order valence-electron chi connectivity index (χ2n) is 4.42. The third-order valence-corrected chi connectivity index (χ3v) is 3.90. The molecule has 3 nitrogen and oxygen atoms in total. The Labute approximate surface area is 110 Å². The normalized spacial score (nSPS) is 12.7. The Bertz CT molecular complexity index is 542. The maximum absolute atomic E-state index is 14.2. The van der Waals surface area contributed by atoms with Crippen molar-refractivity contribution in [2.24, 2.45) is 0 Å². The predicted molar refractivity (Wildman–Crippen MR) is 71.4 cm³/mol. The SMILES string of the molecule is CNC(c1snnc1C)c1c(C)cc(C)cc1F. The molecule has 0 bridgehead atoms. The summed E-state index contributed by atoms with van der Waals surface area (Å²) < 4.78 is 18.1. The molecule has 2 rings (SSSR count). The minimum atomic E-state index is -0.189. The fourth-order valence-electron chi connectivity index (χ4n) is 2.20. The zero-order chi connectivity index (χ0) is 13.3. The molecule has 0 aliphatic heterocycles. The van der Waals surface area contributed by atoms with Gasteiger partial charge in [0.05, 0.1) is 16.6 Å². The molecular formula is C13H16FN3S. The van der Waals surface area contributed by atoms with Gasteiger partial charge in [-0.1, -0.05) is 10.6 Å². The second kappa shape index (κ2) is 5.12. The Morgan fingerprint density at radius 1 is 1.28 bits per heavy atom. The monoisotopic (exact) mass is 265 g/mol. The first-order valence-corrected chi connectivity index (χ1v) is 6.54. The van der Waals surface area contributed by atoms with E-state index in [0.29, 0.717) is 5.56 Å². The average Bonchev–Trinajstić information content (AvgIpc) is 2.69. The van der Waals surface area contributed by atoms with Gasteiger partial charge in [0.2, 0.25) is 0 Å². The van der Waals surface area contributed by atoms with Crippen LogP contribution >= 0.6 is 11.5 Å². The van der Waals surface area contributed by atoms with Crippen molar-refractivity contribution in [3.8, 4) is 0 Å². The van der Waals surface area contributed by atoms with Crippen LogP contribution in [0.25, 0.3) is 0 Å². The minimum absolute atomic E-state index is 0.181. The summed E-state index contributed by atoms with van der Waals surface area (Å²) in [7, 11) is 1.82. The van der Waals surface area contributed by atoms with Gasteiger partial charge in [-0.2, -0.15) is 0 Å². The van der Waals surface area contributed by atoms with Crippen molar-refractivity contribution >= 4 is 11.5 Å². The summed E-state index contributed by atoms with van der Waals surface area (Å²) in [6.45, 7) is 5.72. The Morgan fingerprint density at radius 3 is 2.50 bits per heavy atom. The van der Waals surface area contributed by atoms with Crippen LogP contribution in [-0.2, 0) is 0 Å². The summed E-state index contributed by atoms with van der Waals surface area (Å²) in [6.07, 6.45) is 0. The van der Waals surface area contributed by atoms with Crippen LogP contribution in [0.15, 0.2) is 12.1 Å². The Morgan fingerprint density at radius 2 is 2.00 bits per heavy atom. The van der Waals surface area contributed by atoms with E-state index in [2.05, 4.69) is 14.9 Å². The first kappa shape index (κ1) is 13.1. The van der Waals surface area contributed by atoms with Crippen LogP contribution in [0, 0.1) is 26.6 Å². The average molecular weight is 265 g/mol. The fourth-order valence-corrected chi connectivity index (χ4v) is 2.97. The van der Waals surface area contributed by atoms with E-state index in [1.54, 1.807) is 6.07 Å². The molecule has 2 aromatic rings. The summed E-state index contributed by atoms with van der Waals surface area (Å²) in [6, 6.07) is 3.37. The molecule has 18 heavy (non-hydrogen) atoms. The van der Waals surface area contributed by atoms with E-state index >= 15 is 0 Å². The summed E-state index contributed by atoms with van der Waals surface area (Å²) in [5.74, 6) is -0.181. The molecule has 0 aliphatic rings. The number of hydrogen-bond donors (Lipinski definition) is 1. The minimum Gasteiger partial charge on any atom is -0.308 e. The molecule has 0 radical (unpaired) electrons. The summed E-state index contributed by atoms with van der Waals surface area (Å²) in [5.41, 5.74) is 3.40. The maximum atomic E-state index is 14.2. The van der Waals surface area contributed by atoms with Gasteiger partial charge >= 0.3 is 0 Å². The predicted octanol–water partition coefficient (Wildman–Crippen LogP) is 2.91. The smallest absolute Gasteiger partial charge is 0.128 e. The zero-order valence-electron chi connectivity index (χ0n) is 10.9. The zero-order valence-corrected chi connectivity index (χ0v) is 11.7. The lowest BCUT2D eigenvalue weighted by molar-refractivity contribution is 0.574. The van der Waals surface area contributed by atoms with Crippen LogP contribution in [-0.4, -0.2) is 16.6 Å². The second-order valence-corrected chi connectivity index (χ2v) is 5.21. The molecule has 0 aliphatic carbocycles. The van der Waals surface area contributed by atoms with Gasteiger partial charge in [-0.3, -0.25) is 0 Å². The molecule has 0 saturated heterocycles. The van der Waals surface area contributed by atoms with Gasteiger partial charge in [-0.05, 0) is 56.5 Å². The van der Waals surface area contributed by atoms with E-state index in [4.69, 9.17) is 0 Å². The van der Waals surface area contributed by atoms with Crippen LogP contribution in [0.5, 0.6) is 0 Å². The van der Waals surface area contributed by atoms with E-state index in [0.717, 1.165) is 21.7 Å². The Balaban J connectivity index is 2.56. The van der Waals surface area contributed by atoms with Gasteiger partial charge in [0.15, 0.2) is 0 Å². The van der Waals surface area contributed by atoms with E-state index in [1.165, 1.54) is 11.5 Å². The number of halogens is 1. The molecule has 96 valence electrons. The maximum Gasteiger partial charge on any atom is 0.128 e. The Kier molecular flexibility index (Phi) is 3.73. The quantitative estimate of drug-likeness (QED) is 0.927. The van der Waals surface area contributed by atoms with Crippen molar-refractivity contribution < 1.29 is 4.39 Å². The molecule has 1 heterocycles. The lowest BCUT2D eigenvalue weighted by Gasteiger charge is -2.19. The van der Waals surface area contributed by atoms with Crippen molar-refractivity contribution in [2.45, 2.75) is 26.8 Å². The number of rotatable bonds is 3. The highest BCUT2D eigenvalue weighted by Gasteiger charge is 2.22. The van der Waals surface area contributed by atoms with Crippen molar-refractivity contribution in [1.29, 1.82) is 0 Å². The van der Waals surface area contributed by atoms with Gasteiger partial charge in [-0.15, -0.1) is 5.10 Å².